The van der Waals surface area contributed by atoms with Crippen LogP contribution in [0.3, 0.4) is 0 Å². The van der Waals surface area contributed by atoms with Gasteiger partial charge >= 0.3 is 0 Å². The summed E-state index contributed by atoms with van der Waals surface area (Å²) in [5.41, 5.74) is 3.00. The molecule has 1 N–H and O–H groups in total. The quantitative estimate of drug-likeness (QED) is 0.914. The molecule has 1 atom stereocenters. The van der Waals surface area contributed by atoms with Gasteiger partial charge in [-0.15, -0.1) is 0 Å². The Hall–Kier alpha value is -2.36. The fraction of sp³-hybridized carbons (Fsp3) is 0.278. The molecule has 2 aromatic rings. The SMILES string of the molecule is Cc1ccc(OCC(=O)N[C@@H](C)c2ccc(F)cc2)c(C)c1. The molecule has 0 saturated heterocycles. The van der Waals surface area contributed by atoms with Gasteiger partial charge in [0.25, 0.3) is 5.91 Å². The molecule has 0 aliphatic carbocycles. The highest BCUT2D eigenvalue weighted by molar-refractivity contribution is 5.78. The Morgan fingerprint density at radius 1 is 1.18 bits per heavy atom. The van der Waals surface area contributed by atoms with Crippen molar-refractivity contribution in [3.8, 4) is 5.75 Å². The Balaban J connectivity index is 1.88. The Bertz CT molecular complexity index is 653. The van der Waals surface area contributed by atoms with Gasteiger partial charge in [-0.1, -0.05) is 29.8 Å². The number of nitrogens with one attached hydrogen (secondary N) is 1. The number of benzene rings is 2. The summed E-state index contributed by atoms with van der Waals surface area (Å²) < 4.78 is 18.4. The number of ether oxygens (including phenoxy) is 1. The third-order valence-electron chi connectivity index (χ3n) is 3.44. The zero-order valence-corrected chi connectivity index (χ0v) is 13.0. The summed E-state index contributed by atoms with van der Waals surface area (Å²) in [7, 11) is 0. The highest BCUT2D eigenvalue weighted by Crippen LogP contribution is 2.18. The average molecular weight is 301 g/mol. The third kappa shape index (κ3) is 4.32. The van der Waals surface area contributed by atoms with Crippen LogP contribution in [0.15, 0.2) is 42.5 Å². The molecule has 4 heteroatoms. The average Bonchev–Trinajstić information content (AvgIpc) is 2.47. The van der Waals surface area contributed by atoms with Gasteiger partial charge in [0, 0.05) is 0 Å². The first-order valence-corrected chi connectivity index (χ1v) is 7.20. The lowest BCUT2D eigenvalue weighted by Crippen LogP contribution is -2.31. The molecule has 0 bridgehead atoms. The minimum Gasteiger partial charge on any atom is -0.484 e. The van der Waals surface area contributed by atoms with E-state index in [4.69, 9.17) is 4.74 Å². The fourth-order valence-corrected chi connectivity index (χ4v) is 2.22. The highest BCUT2D eigenvalue weighted by atomic mass is 19.1. The first kappa shape index (κ1) is 16.0. The van der Waals surface area contributed by atoms with Crippen LogP contribution < -0.4 is 10.1 Å². The zero-order valence-electron chi connectivity index (χ0n) is 13.0. The van der Waals surface area contributed by atoms with Crippen molar-refractivity contribution < 1.29 is 13.9 Å². The molecule has 0 aliphatic rings. The normalized spacial score (nSPS) is 11.8. The van der Waals surface area contributed by atoms with E-state index >= 15 is 0 Å². The van der Waals surface area contributed by atoms with Crippen LogP contribution in [0, 0.1) is 19.7 Å². The van der Waals surface area contributed by atoms with Crippen LogP contribution in [0.25, 0.3) is 0 Å². The van der Waals surface area contributed by atoms with E-state index in [0.717, 1.165) is 16.7 Å². The van der Waals surface area contributed by atoms with E-state index in [-0.39, 0.29) is 24.4 Å². The topological polar surface area (TPSA) is 38.3 Å². The van der Waals surface area contributed by atoms with Gasteiger partial charge in [0.1, 0.15) is 11.6 Å². The monoisotopic (exact) mass is 301 g/mol. The van der Waals surface area contributed by atoms with Gasteiger partial charge in [-0.05, 0) is 50.1 Å². The van der Waals surface area contributed by atoms with Gasteiger partial charge in [-0.25, -0.2) is 4.39 Å². The summed E-state index contributed by atoms with van der Waals surface area (Å²) in [5.74, 6) is 0.201. The second kappa shape index (κ2) is 7.07. The Kier molecular flexibility index (Phi) is 5.15. The number of hydrogen-bond acceptors (Lipinski definition) is 2. The molecule has 0 saturated carbocycles. The minimum atomic E-state index is -0.291. The van der Waals surface area contributed by atoms with E-state index in [1.54, 1.807) is 12.1 Å². The summed E-state index contributed by atoms with van der Waals surface area (Å²) in [5, 5.41) is 2.83. The van der Waals surface area contributed by atoms with Crippen molar-refractivity contribution in [3.05, 3.63) is 65.0 Å². The molecule has 0 aliphatic heterocycles. The molecule has 0 unspecified atom stereocenters. The second-order valence-corrected chi connectivity index (χ2v) is 5.40. The van der Waals surface area contributed by atoms with E-state index in [1.807, 2.05) is 39.0 Å². The Morgan fingerprint density at radius 3 is 2.50 bits per heavy atom. The molecule has 0 spiro atoms. The van der Waals surface area contributed by atoms with E-state index in [2.05, 4.69) is 5.32 Å². The van der Waals surface area contributed by atoms with Crippen molar-refractivity contribution in [1.82, 2.24) is 5.32 Å². The van der Waals surface area contributed by atoms with Crippen molar-refractivity contribution in [3.63, 3.8) is 0 Å². The standard InChI is InChI=1S/C18H20FNO2/c1-12-4-9-17(13(2)10-12)22-11-18(21)20-14(3)15-5-7-16(19)8-6-15/h4-10,14H,11H2,1-3H3,(H,20,21)/t14-/m0/s1. The molecule has 22 heavy (non-hydrogen) atoms. The van der Waals surface area contributed by atoms with Gasteiger partial charge in [0.15, 0.2) is 6.61 Å². The summed E-state index contributed by atoms with van der Waals surface area (Å²) in [6.07, 6.45) is 0. The fourth-order valence-electron chi connectivity index (χ4n) is 2.22. The van der Waals surface area contributed by atoms with Crippen molar-refractivity contribution in [2.45, 2.75) is 26.8 Å². The number of carbonyl (C=O) groups is 1. The summed E-state index contributed by atoms with van der Waals surface area (Å²) in [4.78, 5) is 11.9. The molecule has 0 heterocycles. The van der Waals surface area contributed by atoms with Crippen molar-refractivity contribution in [2.24, 2.45) is 0 Å². The molecule has 1 amide bonds. The second-order valence-electron chi connectivity index (χ2n) is 5.40. The lowest BCUT2D eigenvalue weighted by molar-refractivity contribution is -0.123. The maximum atomic E-state index is 12.9. The van der Waals surface area contributed by atoms with Gasteiger partial charge in [-0.2, -0.15) is 0 Å². The van der Waals surface area contributed by atoms with Crippen LogP contribution in [0.1, 0.15) is 29.7 Å². The van der Waals surface area contributed by atoms with E-state index in [9.17, 15) is 9.18 Å². The van der Waals surface area contributed by atoms with Crippen molar-refractivity contribution in [1.29, 1.82) is 0 Å². The van der Waals surface area contributed by atoms with Crippen molar-refractivity contribution >= 4 is 5.91 Å². The number of amides is 1. The lowest BCUT2D eigenvalue weighted by Gasteiger charge is -2.15. The summed E-state index contributed by atoms with van der Waals surface area (Å²) in [6, 6.07) is 11.7. The summed E-state index contributed by atoms with van der Waals surface area (Å²) >= 11 is 0. The largest absolute Gasteiger partial charge is 0.484 e. The number of hydrogen-bond donors (Lipinski definition) is 1. The van der Waals surface area contributed by atoms with Crippen molar-refractivity contribution in [2.75, 3.05) is 6.61 Å². The van der Waals surface area contributed by atoms with Crippen LogP contribution in [-0.4, -0.2) is 12.5 Å². The van der Waals surface area contributed by atoms with Crippen LogP contribution in [-0.2, 0) is 4.79 Å². The molecule has 0 fully saturated rings. The molecule has 116 valence electrons. The van der Waals surface area contributed by atoms with Crippen LogP contribution >= 0.6 is 0 Å². The molecular formula is C18H20FNO2. The van der Waals surface area contributed by atoms with Crippen LogP contribution in [0.4, 0.5) is 4.39 Å². The molecule has 0 aromatic heterocycles. The minimum absolute atomic E-state index is 0.0462. The van der Waals surface area contributed by atoms with E-state index in [1.165, 1.54) is 12.1 Å². The van der Waals surface area contributed by atoms with Crippen LogP contribution in [0.5, 0.6) is 5.75 Å². The molecular weight excluding hydrogens is 281 g/mol. The zero-order chi connectivity index (χ0) is 16.1. The van der Waals surface area contributed by atoms with E-state index < -0.39 is 0 Å². The molecule has 2 aromatic carbocycles. The van der Waals surface area contributed by atoms with E-state index in [0.29, 0.717) is 5.75 Å². The lowest BCUT2D eigenvalue weighted by atomic mass is 10.1. The Morgan fingerprint density at radius 2 is 1.86 bits per heavy atom. The number of halogens is 1. The first-order chi connectivity index (χ1) is 10.5. The maximum absolute atomic E-state index is 12.9. The smallest absolute Gasteiger partial charge is 0.258 e. The van der Waals surface area contributed by atoms with Crippen LogP contribution in [0.2, 0.25) is 0 Å². The maximum Gasteiger partial charge on any atom is 0.258 e. The van der Waals surface area contributed by atoms with Gasteiger partial charge in [0.05, 0.1) is 6.04 Å². The predicted molar refractivity (Wildman–Crippen MR) is 84.4 cm³/mol. The highest BCUT2D eigenvalue weighted by Gasteiger charge is 2.11. The third-order valence-corrected chi connectivity index (χ3v) is 3.44. The number of aryl methyl sites for hydroxylation is 2. The summed E-state index contributed by atoms with van der Waals surface area (Å²) in [6.45, 7) is 5.76. The molecule has 0 radical (unpaired) electrons. The van der Waals surface area contributed by atoms with Gasteiger partial charge in [-0.3, -0.25) is 4.79 Å². The molecule has 3 nitrogen and oxygen atoms in total. The first-order valence-electron chi connectivity index (χ1n) is 7.20. The number of carbonyl (C=O) groups excluding carboxylic acids is 1. The Labute approximate surface area is 130 Å². The predicted octanol–water partition coefficient (Wildman–Crippen LogP) is 3.70. The number of rotatable bonds is 5. The van der Waals surface area contributed by atoms with Gasteiger partial charge < -0.3 is 10.1 Å². The molecule has 2 rings (SSSR count). The van der Waals surface area contributed by atoms with Gasteiger partial charge in [0.2, 0.25) is 0 Å².